The predicted octanol–water partition coefficient (Wildman–Crippen LogP) is 5.29. The first-order chi connectivity index (χ1) is 14.7. The molecule has 30 heavy (non-hydrogen) atoms. The van der Waals surface area contributed by atoms with Crippen LogP contribution >= 0.6 is 11.6 Å². The van der Waals surface area contributed by atoms with Gasteiger partial charge in [0.2, 0.25) is 0 Å². The fourth-order valence-electron chi connectivity index (χ4n) is 3.34. The summed E-state index contributed by atoms with van der Waals surface area (Å²) in [5.74, 6) is 0. The second kappa shape index (κ2) is 9.70. The summed E-state index contributed by atoms with van der Waals surface area (Å²) in [6, 6.07) is 26.7. The molecule has 0 saturated carbocycles. The molecule has 0 aliphatic rings. The lowest BCUT2D eigenvalue weighted by Gasteiger charge is -2.05. The van der Waals surface area contributed by atoms with Crippen molar-refractivity contribution in [3.05, 3.63) is 106 Å². The van der Waals surface area contributed by atoms with Crippen LogP contribution in [0.4, 0.5) is 0 Å². The molecule has 1 aromatic heterocycles. The maximum absolute atomic E-state index is 5.96. The SMILES string of the molecule is Cc1ccc(Cn2nc(CNCCc3ccc(Cl)cc3)c(-c3ccccc3)n2)cc1. The monoisotopic (exact) mass is 416 g/mol. The lowest BCUT2D eigenvalue weighted by Crippen LogP contribution is -2.17. The van der Waals surface area contributed by atoms with Gasteiger partial charge >= 0.3 is 0 Å². The van der Waals surface area contributed by atoms with Crippen LogP contribution in [-0.2, 0) is 19.5 Å². The molecule has 0 aliphatic heterocycles. The highest BCUT2D eigenvalue weighted by molar-refractivity contribution is 6.30. The van der Waals surface area contributed by atoms with Crippen LogP contribution in [0.25, 0.3) is 11.3 Å². The summed E-state index contributed by atoms with van der Waals surface area (Å²) in [4.78, 5) is 1.79. The Kier molecular flexibility index (Phi) is 6.57. The molecule has 4 rings (SSSR count). The Balaban J connectivity index is 1.46. The zero-order valence-corrected chi connectivity index (χ0v) is 17.8. The van der Waals surface area contributed by atoms with Crippen molar-refractivity contribution in [2.75, 3.05) is 6.54 Å². The molecular formula is C25H25ClN4. The summed E-state index contributed by atoms with van der Waals surface area (Å²) < 4.78 is 0. The normalized spacial score (nSPS) is 11.0. The first-order valence-corrected chi connectivity index (χ1v) is 10.6. The van der Waals surface area contributed by atoms with Crippen LogP contribution in [-0.4, -0.2) is 21.5 Å². The number of rotatable bonds is 8. The highest BCUT2D eigenvalue weighted by Gasteiger charge is 2.13. The topological polar surface area (TPSA) is 42.7 Å². The molecule has 0 bridgehead atoms. The van der Waals surface area contributed by atoms with E-state index in [1.54, 1.807) is 4.80 Å². The molecule has 0 aliphatic carbocycles. The van der Waals surface area contributed by atoms with Gasteiger partial charge < -0.3 is 5.32 Å². The number of benzene rings is 3. The van der Waals surface area contributed by atoms with E-state index < -0.39 is 0 Å². The predicted molar refractivity (Wildman–Crippen MR) is 123 cm³/mol. The zero-order chi connectivity index (χ0) is 20.8. The van der Waals surface area contributed by atoms with Gasteiger partial charge in [0.1, 0.15) is 11.4 Å². The van der Waals surface area contributed by atoms with Gasteiger partial charge in [-0.25, -0.2) is 0 Å². The Labute approximate surface area is 182 Å². The van der Waals surface area contributed by atoms with Crippen molar-refractivity contribution in [1.82, 2.24) is 20.3 Å². The molecule has 0 saturated heterocycles. The average Bonchev–Trinajstić information content (AvgIpc) is 3.17. The van der Waals surface area contributed by atoms with Gasteiger partial charge in [-0.3, -0.25) is 0 Å². The van der Waals surface area contributed by atoms with Crippen molar-refractivity contribution in [3.8, 4) is 11.3 Å². The highest BCUT2D eigenvalue weighted by Crippen LogP contribution is 2.20. The molecule has 0 fully saturated rings. The number of halogens is 1. The van der Waals surface area contributed by atoms with E-state index in [1.165, 1.54) is 16.7 Å². The number of nitrogens with one attached hydrogen (secondary N) is 1. The molecule has 5 heteroatoms. The van der Waals surface area contributed by atoms with Crippen molar-refractivity contribution in [2.24, 2.45) is 0 Å². The summed E-state index contributed by atoms with van der Waals surface area (Å²) in [5, 5.41) is 13.9. The van der Waals surface area contributed by atoms with E-state index in [4.69, 9.17) is 21.8 Å². The summed E-state index contributed by atoms with van der Waals surface area (Å²) in [7, 11) is 0. The lowest BCUT2D eigenvalue weighted by atomic mass is 10.1. The van der Waals surface area contributed by atoms with Crippen LogP contribution in [0, 0.1) is 6.92 Å². The van der Waals surface area contributed by atoms with Crippen LogP contribution in [0.2, 0.25) is 5.02 Å². The van der Waals surface area contributed by atoms with Crippen LogP contribution in [0.5, 0.6) is 0 Å². The number of hydrogen-bond donors (Lipinski definition) is 1. The molecule has 0 radical (unpaired) electrons. The van der Waals surface area contributed by atoms with Crippen LogP contribution in [0.15, 0.2) is 78.9 Å². The highest BCUT2D eigenvalue weighted by atomic mass is 35.5. The first kappa shape index (κ1) is 20.3. The van der Waals surface area contributed by atoms with E-state index in [1.807, 2.05) is 30.3 Å². The van der Waals surface area contributed by atoms with Gasteiger partial charge in [-0.05, 0) is 43.1 Å². The molecular weight excluding hydrogens is 392 g/mol. The minimum absolute atomic E-state index is 0.658. The molecule has 3 aromatic carbocycles. The molecule has 0 atom stereocenters. The minimum Gasteiger partial charge on any atom is -0.311 e. The average molecular weight is 417 g/mol. The Hall–Kier alpha value is -2.95. The number of aryl methyl sites for hydroxylation is 1. The Morgan fingerprint density at radius 1 is 0.833 bits per heavy atom. The van der Waals surface area contributed by atoms with Gasteiger partial charge in [0, 0.05) is 17.1 Å². The van der Waals surface area contributed by atoms with Gasteiger partial charge in [0.15, 0.2) is 0 Å². The zero-order valence-electron chi connectivity index (χ0n) is 17.1. The summed E-state index contributed by atoms with van der Waals surface area (Å²) in [6.07, 6.45) is 0.940. The van der Waals surface area contributed by atoms with Gasteiger partial charge in [0.05, 0.1) is 6.54 Å². The Bertz CT molecular complexity index is 1070. The van der Waals surface area contributed by atoms with E-state index in [0.29, 0.717) is 13.1 Å². The molecule has 0 spiro atoms. The van der Waals surface area contributed by atoms with Crippen molar-refractivity contribution < 1.29 is 0 Å². The smallest absolute Gasteiger partial charge is 0.117 e. The standard InChI is InChI=1S/C25H25ClN4/c1-19-7-9-21(10-8-19)18-30-28-24(25(29-30)22-5-3-2-4-6-22)17-27-16-15-20-11-13-23(26)14-12-20/h2-14,27H,15-18H2,1H3. The number of nitrogens with zero attached hydrogens (tertiary/aromatic N) is 3. The summed E-state index contributed by atoms with van der Waals surface area (Å²) >= 11 is 5.96. The Morgan fingerprint density at radius 3 is 2.27 bits per heavy atom. The number of aromatic nitrogens is 3. The maximum Gasteiger partial charge on any atom is 0.117 e. The number of hydrogen-bond acceptors (Lipinski definition) is 3. The van der Waals surface area contributed by atoms with E-state index in [9.17, 15) is 0 Å². The molecule has 0 amide bonds. The maximum atomic E-state index is 5.96. The van der Waals surface area contributed by atoms with Crippen LogP contribution in [0.1, 0.15) is 22.4 Å². The van der Waals surface area contributed by atoms with Crippen LogP contribution < -0.4 is 5.32 Å². The summed E-state index contributed by atoms with van der Waals surface area (Å²) in [6.45, 7) is 4.29. The molecule has 1 N–H and O–H groups in total. The fourth-order valence-corrected chi connectivity index (χ4v) is 3.47. The Morgan fingerprint density at radius 2 is 1.53 bits per heavy atom. The van der Waals surface area contributed by atoms with Gasteiger partial charge in [-0.2, -0.15) is 15.0 Å². The van der Waals surface area contributed by atoms with Gasteiger partial charge in [-0.1, -0.05) is 83.9 Å². The third-order valence-electron chi connectivity index (χ3n) is 5.01. The van der Waals surface area contributed by atoms with Crippen molar-refractivity contribution in [1.29, 1.82) is 0 Å². The van der Waals surface area contributed by atoms with Gasteiger partial charge in [0.25, 0.3) is 0 Å². The lowest BCUT2D eigenvalue weighted by molar-refractivity contribution is 0.576. The van der Waals surface area contributed by atoms with E-state index in [0.717, 1.165) is 34.9 Å². The van der Waals surface area contributed by atoms with E-state index in [-0.39, 0.29) is 0 Å². The molecule has 1 heterocycles. The summed E-state index contributed by atoms with van der Waals surface area (Å²) in [5.41, 5.74) is 6.69. The van der Waals surface area contributed by atoms with Crippen LogP contribution in [0.3, 0.4) is 0 Å². The van der Waals surface area contributed by atoms with E-state index in [2.05, 4.69) is 60.8 Å². The second-order valence-corrected chi connectivity index (χ2v) is 7.87. The molecule has 4 aromatic rings. The third kappa shape index (κ3) is 5.35. The molecule has 0 unspecified atom stereocenters. The second-order valence-electron chi connectivity index (χ2n) is 7.43. The first-order valence-electron chi connectivity index (χ1n) is 10.2. The van der Waals surface area contributed by atoms with Crippen molar-refractivity contribution >= 4 is 11.6 Å². The van der Waals surface area contributed by atoms with Gasteiger partial charge in [-0.15, -0.1) is 0 Å². The van der Waals surface area contributed by atoms with Crippen molar-refractivity contribution in [2.45, 2.75) is 26.4 Å². The molecule has 152 valence electrons. The van der Waals surface area contributed by atoms with Crippen molar-refractivity contribution in [3.63, 3.8) is 0 Å². The largest absolute Gasteiger partial charge is 0.311 e. The molecule has 4 nitrogen and oxygen atoms in total. The quantitative estimate of drug-likeness (QED) is 0.397. The fraction of sp³-hybridized carbons (Fsp3) is 0.200. The third-order valence-corrected chi connectivity index (χ3v) is 5.26. The minimum atomic E-state index is 0.658. The van der Waals surface area contributed by atoms with E-state index >= 15 is 0 Å².